The lowest BCUT2D eigenvalue weighted by molar-refractivity contribution is 0.0933. The molecule has 0 radical (unpaired) electrons. The maximum Gasteiger partial charge on any atom is 0.262 e. The van der Waals surface area contributed by atoms with Crippen molar-refractivity contribution in [2.24, 2.45) is 5.92 Å². The molecule has 1 aliphatic rings. The molecule has 3 aromatic rings. The molecule has 6 nitrogen and oxygen atoms in total. The lowest BCUT2D eigenvalue weighted by Gasteiger charge is -2.32. The number of rotatable bonds is 6. The minimum atomic E-state index is -0.550. The SMILES string of the molecule is Clc1cccc(Cl)c1CBr.Nc1[nH]c(=O)c(C(=O)NCC2CCN(Cc3c(Cl)cccc3Cl)CC2)cc1Cl. The second kappa shape index (κ2) is 14.8. The summed E-state index contributed by atoms with van der Waals surface area (Å²) in [5.41, 5.74) is 6.83. The van der Waals surface area contributed by atoms with Gasteiger partial charge in [0.05, 0.1) is 5.02 Å². The van der Waals surface area contributed by atoms with Gasteiger partial charge in [-0.05, 0) is 67.7 Å². The van der Waals surface area contributed by atoms with Gasteiger partial charge in [-0.15, -0.1) is 0 Å². The number of hydrogen-bond acceptors (Lipinski definition) is 4. The number of piperidine rings is 1. The minimum absolute atomic E-state index is 0.0370. The average Bonchev–Trinajstić information content (AvgIpc) is 2.88. The van der Waals surface area contributed by atoms with Gasteiger partial charge in [0.2, 0.25) is 0 Å². The summed E-state index contributed by atoms with van der Waals surface area (Å²) in [6.45, 7) is 2.98. The molecule has 4 N–H and O–H groups in total. The van der Waals surface area contributed by atoms with E-state index in [1.807, 2.05) is 36.4 Å². The Morgan fingerprint density at radius 1 is 0.947 bits per heavy atom. The van der Waals surface area contributed by atoms with E-state index in [9.17, 15) is 9.59 Å². The van der Waals surface area contributed by atoms with Crippen LogP contribution in [-0.2, 0) is 11.9 Å². The summed E-state index contributed by atoms with van der Waals surface area (Å²) in [7, 11) is 0. The quantitative estimate of drug-likeness (QED) is 0.236. The summed E-state index contributed by atoms with van der Waals surface area (Å²) in [6.07, 6.45) is 1.86. The van der Waals surface area contributed by atoms with Crippen molar-refractivity contribution in [3.05, 3.63) is 94.6 Å². The van der Waals surface area contributed by atoms with Gasteiger partial charge in [-0.3, -0.25) is 14.5 Å². The topological polar surface area (TPSA) is 91.2 Å². The number of anilines is 1. The number of nitrogen functional groups attached to an aromatic ring is 1. The molecule has 0 unspecified atom stereocenters. The van der Waals surface area contributed by atoms with E-state index in [0.717, 1.165) is 37.1 Å². The summed E-state index contributed by atoms with van der Waals surface area (Å²) < 4.78 is 0. The van der Waals surface area contributed by atoms with E-state index in [2.05, 4.69) is 31.1 Å². The Labute approximate surface area is 254 Å². The van der Waals surface area contributed by atoms with Gasteiger partial charge < -0.3 is 16.0 Å². The van der Waals surface area contributed by atoms with Crippen molar-refractivity contribution in [3.63, 3.8) is 0 Å². The zero-order chi connectivity index (χ0) is 27.8. The Bertz CT molecular complexity index is 1290. The number of aromatic nitrogens is 1. The Morgan fingerprint density at radius 3 is 1.97 bits per heavy atom. The first-order chi connectivity index (χ1) is 18.1. The third kappa shape index (κ3) is 8.52. The van der Waals surface area contributed by atoms with Crippen LogP contribution >= 0.6 is 73.9 Å². The summed E-state index contributed by atoms with van der Waals surface area (Å²) in [5, 5.41) is 6.44. The van der Waals surface area contributed by atoms with Gasteiger partial charge in [0.15, 0.2) is 0 Å². The molecule has 38 heavy (non-hydrogen) atoms. The molecule has 2 aromatic carbocycles. The van der Waals surface area contributed by atoms with Crippen molar-refractivity contribution in [1.29, 1.82) is 0 Å². The number of likely N-dealkylation sites (tertiary alicyclic amines) is 1. The molecule has 1 aliphatic heterocycles. The number of pyridine rings is 1. The summed E-state index contributed by atoms with van der Waals surface area (Å²) in [5.74, 6) is -0.0621. The molecule has 12 heteroatoms. The van der Waals surface area contributed by atoms with E-state index in [-0.39, 0.29) is 16.4 Å². The fraction of sp³-hybridized carbons (Fsp3) is 0.308. The van der Waals surface area contributed by atoms with Crippen molar-refractivity contribution < 1.29 is 4.79 Å². The molecule has 0 saturated carbocycles. The predicted molar refractivity (Wildman–Crippen MR) is 162 cm³/mol. The van der Waals surface area contributed by atoms with Gasteiger partial charge in [-0.2, -0.15) is 0 Å². The average molecular weight is 684 g/mol. The standard InChI is InChI=1S/C19H21Cl3N4O2.C7H5BrCl2/c20-14-2-1-3-15(21)13(14)10-26-6-4-11(5-7-26)9-24-18(27)12-8-16(22)17(23)25-19(12)28;8-4-5-6(9)2-1-3-7(5)10/h1-3,8,11H,4-7,9-10H2,(H,24,27)(H3,23,25,28);1-3H,4H2. The third-order valence-corrected chi connectivity index (χ3v) is 8.45. The first-order valence-electron chi connectivity index (χ1n) is 11.7. The van der Waals surface area contributed by atoms with E-state index in [0.29, 0.717) is 44.4 Å². The van der Waals surface area contributed by atoms with Crippen molar-refractivity contribution in [2.75, 3.05) is 25.4 Å². The molecular formula is C26H26BrCl5N4O2. The first kappa shape index (κ1) is 31.1. The maximum atomic E-state index is 12.3. The number of nitrogens with two attached hydrogens (primary N) is 1. The summed E-state index contributed by atoms with van der Waals surface area (Å²) >= 11 is 33.3. The van der Waals surface area contributed by atoms with Crippen LogP contribution in [0.3, 0.4) is 0 Å². The highest BCUT2D eigenvalue weighted by Gasteiger charge is 2.22. The third-order valence-electron chi connectivity index (χ3n) is 6.16. The number of halogens is 6. The van der Waals surface area contributed by atoms with Crippen LogP contribution in [0.4, 0.5) is 5.82 Å². The number of nitrogens with zero attached hydrogens (tertiary/aromatic N) is 1. The molecule has 204 valence electrons. The van der Waals surface area contributed by atoms with Crippen LogP contribution in [0.25, 0.3) is 0 Å². The Balaban J connectivity index is 0.000000336. The number of hydrogen-bond donors (Lipinski definition) is 3. The zero-order valence-electron chi connectivity index (χ0n) is 20.2. The van der Waals surface area contributed by atoms with Gasteiger partial charge >= 0.3 is 0 Å². The molecular weight excluding hydrogens is 657 g/mol. The number of H-pyrrole nitrogens is 1. The highest BCUT2D eigenvalue weighted by atomic mass is 79.9. The molecule has 2 heterocycles. The molecule has 1 saturated heterocycles. The van der Waals surface area contributed by atoms with E-state index >= 15 is 0 Å². The van der Waals surface area contributed by atoms with E-state index in [1.165, 1.54) is 6.07 Å². The van der Waals surface area contributed by atoms with Crippen LogP contribution in [0.15, 0.2) is 47.3 Å². The van der Waals surface area contributed by atoms with E-state index < -0.39 is 11.5 Å². The molecule has 4 rings (SSSR count). The first-order valence-corrected chi connectivity index (χ1v) is 14.7. The van der Waals surface area contributed by atoms with Gasteiger partial charge in [-0.1, -0.05) is 86.1 Å². The highest BCUT2D eigenvalue weighted by Crippen LogP contribution is 2.28. The molecule has 1 amide bonds. The number of benzene rings is 2. The number of alkyl halides is 1. The van der Waals surface area contributed by atoms with Crippen molar-refractivity contribution in [3.8, 4) is 0 Å². The van der Waals surface area contributed by atoms with Crippen LogP contribution in [0.1, 0.15) is 34.3 Å². The number of amides is 1. The second-order valence-corrected chi connectivity index (χ2v) is 11.3. The monoisotopic (exact) mass is 680 g/mol. The van der Waals surface area contributed by atoms with Crippen LogP contribution in [0.5, 0.6) is 0 Å². The number of nitrogens with one attached hydrogen (secondary N) is 2. The number of aromatic amines is 1. The summed E-state index contributed by atoms with van der Waals surface area (Å²) in [4.78, 5) is 28.8. The Kier molecular flexibility index (Phi) is 12.1. The Morgan fingerprint density at radius 2 is 1.47 bits per heavy atom. The lowest BCUT2D eigenvalue weighted by Crippen LogP contribution is -2.39. The van der Waals surface area contributed by atoms with Crippen LogP contribution in [-0.4, -0.2) is 35.4 Å². The lowest BCUT2D eigenvalue weighted by atomic mass is 9.96. The van der Waals surface area contributed by atoms with E-state index in [1.54, 1.807) is 0 Å². The molecule has 0 atom stereocenters. The molecule has 0 spiro atoms. The molecule has 0 aliphatic carbocycles. The fourth-order valence-corrected chi connectivity index (χ4v) is 6.07. The van der Waals surface area contributed by atoms with Crippen LogP contribution in [0, 0.1) is 5.92 Å². The normalized spacial score (nSPS) is 14.1. The largest absolute Gasteiger partial charge is 0.384 e. The number of carbonyl (C=O) groups excluding carboxylic acids is 1. The van der Waals surface area contributed by atoms with Crippen LogP contribution < -0.4 is 16.6 Å². The Hall–Kier alpha value is -1.45. The van der Waals surface area contributed by atoms with Crippen molar-refractivity contribution >= 4 is 85.7 Å². The molecule has 0 bridgehead atoms. The molecule has 1 fully saturated rings. The van der Waals surface area contributed by atoms with Crippen LogP contribution in [0.2, 0.25) is 25.1 Å². The zero-order valence-corrected chi connectivity index (χ0v) is 25.5. The smallest absolute Gasteiger partial charge is 0.262 e. The van der Waals surface area contributed by atoms with Gasteiger partial charge in [-0.25, -0.2) is 0 Å². The van der Waals surface area contributed by atoms with E-state index in [4.69, 9.17) is 63.7 Å². The molecule has 1 aromatic heterocycles. The van der Waals surface area contributed by atoms with Gasteiger partial charge in [0.25, 0.3) is 11.5 Å². The van der Waals surface area contributed by atoms with Gasteiger partial charge in [0, 0.05) is 44.1 Å². The predicted octanol–water partition coefficient (Wildman–Crippen LogP) is 7.45. The minimum Gasteiger partial charge on any atom is -0.384 e. The number of carbonyl (C=O) groups is 1. The van der Waals surface area contributed by atoms with Gasteiger partial charge in [0.1, 0.15) is 11.4 Å². The van der Waals surface area contributed by atoms with Crippen molar-refractivity contribution in [2.45, 2.75) is 24.7 Å². The van der Waals surface area contributed by atoms with Crippen molar-refractivity contribution in [1.82, 2.24) is 15.2 Å². The maximum absolute atomic E-state index is 12.3. The highest BCUT2D eigenvalue weighted by molar-refractivity contribution is 9.08. The summed E-state index contributed by atoms with van der Waals surface area (Å²) in [6, 6.07) is 12.3. The fourth-order valence-electron chi connectivity index (χ4n) is 3.94. The second-order valence-electron chi connectivity index (χ2n) is 8.74.